The number of hydrogen-bond donors (Lipinski definition) is 1. The minimum Gasteiger partial charge on any atom is -0.487 e. The molecule has 1 aromatic heterocycles. The molecule has 0 bridgehead atoms. The molecule has 0 aliphatic heterocycles. The Morgan fingerprint density at radius 3 is 2.58 bits per heavy atom. The summed E-state index contributed by atoms with van der Waals surface area (Å²) in [7, 11) is 0. The molecule has 102 valence electrons. The van der Waals surface area contributed by atoms with Crippen molar-refractivity contribution in [3.63, 3.8) is 0 Å². The average molecular weight is 297 g/mol. The van der Waals surface area contributed by atoms with Crippen LogP contribution in [0.4, 0.5) is 0 Å². The quantitative estimate of drug-likeness (QED) is 0.874. The molecule has 0 saturated heterocycles. The third kappa shape index (κ3) is 3.72. The molecule has 0 radical (unpaired) electrons. The van der Waals surface area contributed by atoms with Crippen LogP contribution in [0.5, 0.6) is 5.75 Å². The number of ether oxygens (including phenoxy) is 1. The van der Waals surface area contributed by atoms with Crippen LogP contribution in [0.2, 0.25) is 5.02 Å². The third-order valence-electron chi connectivity index (χ3n) is 2.87. The Kier molecular flexibility index (Phi) is 4.86. The van der Waals surface area contributed by atoms with E-state index in [-0.39, 0.29) is 0 Å². The second kappa shape index (κ2) is 6.42. The van der Waals surface area contributed by atoms with E-state index in [0.29, 0.717) is 17.4 Å². The van der Waals surface area contributed by atoms with Crippen LogP contribution in [0.15, 0.2) is 30.3 Å². The highest BCUT2D eigenvalue weighted by Crippen LogP contribution is 2.29. The highest BCUT2D eigenvalue weighted by molar-refractivity contribution is 7.11. The molecule has 1 atom stereocenters. The molecule has 2 rings (SSSR count). The van der Waals surface area contributed by atoms with Gasteiger partial charge in [-0.2, -0.15) is 0 Å². The Labute approximate surface area is 122 Å². The summed E-state index contributed by atoms with van der Waals surface area (Å²) in [5.74, 6) is 0.650. The number of thiophene rings is 1. The lowest BCUT2D eigenvalue weighted by atomic mass is 10.1. The molecule has 0 aliphatic carbocycles. The highest BCUT2D eigenvalue weighted by atomic mass is 35.5. The van der Waals surface area contributed by atoms with Gasteiger partial charge in [0.05, 0.1) is 11.1 Å². The number of rotatable bonds is 5. The fourth-order valence-corrected chi connectivity index (χ4v) is 2.85. The van der Waals surface area contributed by atoms with Gasteiger partial charge in [0.2, 0.25) is 0 Å². The van der Waals surface area contributed by atoms with Gasteiger partial charge in [-0.25, -0.2) is 0 Å². The molecule has 19 heavy (non-hydrogen) atoms. The number of halogens is 1. The zero-order valence-corrected chi connectivity index (χ0v) is 12.6. The van der Waals surface area contributed by atoms with Crippen molar-refractivity contribution in [1.82, 2.24) is 0 Å². The van der Waals surface area contributed by atoms with E-state index in [9.17, 15) is 5.11 Å². The van der Waals surface area contributed by atoms with Crippen molar-refractivity contribution in [3.8, 4) is 5.75 Å². The summed E-state index contributed by atoms with van der Waals surface area (Å²) in [5.41, 5.74) is 0.793. The van der Waals surface area contributed by atoms with Gasteiger partial charge in [-0.3, -0.25) is 0 Å². The average Bonchev–Trinajstić information content (AvgIpc) is 2.85. The van der Waals surface area contributed by atoms with Gasteiger partial charge in [-0.15, -0.1) is 11.3 Å². The summed E-state index contributed by atoms with van der Waals surface area (Å²) in [4.78, 5) is 2.54. The van der Waals surface area contributed by atoms with E-state index in [2.05, 4.69) is 19.1 Å². The molecule has 0 saturated carbocycles. The number of aryl methyl sites for hydroxylation is 1. The van der Waals surface area contributed by atoms with Crippen LogP contribution in [0.25, 0.3) is 0 Å². The minimum atomic E-state index is -0.518. The summed E-state index contributed by atoms with van der Waals surface area (Å²) in [6, 6.07) is 9.59. The molecule has 1 heterocycles. The van der Waals surface area contributed by atoms with Gasteiger partial charge in [-0.1, -0.05) is 24.6 Å². The standard InChI is InChI=1S/C15H17ClO2S/c1-3-12-5-6-13(19-12)9-18-15-7-4-11(10(2)17)8-14(15)16/h4-8,10,17H,3,9H2,1-2H3. The van der Waals surface area contributed by atoms with Crippen molar-refractivity contribution < 1.29 is 9.84 Å². The summed E-state index contributed by atoms with van der Waals surface area (Å²) >= 11 is 7.90. The lowest BCUT2D eigenvalue weighted by Crippen LogP contribution is -1.96. The van der Waals surface area contributed by atoms with Crippen LogP contribution in [-0.4, -0.2) is 5.11 Å². The van der Waals surface area contributed by atoms with Gasteiger partial charge in [0.1, 0.15) is 12.4 Å². The first-order valence-corrected chi connectivity index (χ1v) is 7.47. The zero-order valence-electron chi connectivity index (χ0n) is 11.0. The maximum Gasteiger partial charge on any atom is 0.138 e. The molecular formula is C15H17ClO2S. The first-order valence-electron chi connectivity index (χ1n) is 6.28. The van der Waals surface area contributed by atoms with Crippen molar-refractivity contribution in [2.75, 3.05) is 0 Å². The van der Waals surface area contributed by atoms with Crippen LogP contribution >= 0.6 is 22.9 Å². The maximum absolute atomic E-state index is 9.48. The predicted octanol–water partition coefficient (Wildman–Crippen LogP) is 4.60. The molecule has 0 spiro atoms. The Morgan fingerprint density at radius 2 is 2.00 bits per heavy atom. The van der Waals surface area contributed by atoms with Crippen LogP contribution in [-0.2, 0) is 13.0 Å². The van der Waals surface area contributed by atoms with Crippen molar-refractivity contribution in [2.45, 2.75) is 33.0 Å². The second-order valence-electron chi connectivity index (χ2n) is 4.38. The number of hydrogen-bond acceptors (Lipinski definition) is 3. The minimum absolute atomic E-state index is 0.518. The third-order valence-corrected chi connectivity index (χ3v) is 4.37. The molecule has 0 amide bonds. The fraction of sp³-hybridized carbons (Fsp3) is 0.333. The van der Waals surface area contributed by atoms with E-state index in [1.165, 1.54) is 9.75 Å². The molecule has 4 heteroatoms. The molecule has 0 aliphatic rings. The van der Waals surface area contributed by atoms with Crippen molar-refractivity contribution in [2.24, 2.45) is 0 Å². The normalized spacial score (nSPS) is 12.4. The number of benzene rings is 1. The van der Waals surface area contributed by atoms with Crippen molar-refractivity contribution in [1.29, 1.82) is 0 Å². The zero-order chi connectivity index (χ0) is 13.8. The van der Waals surface area contributed by atoms with E-state index in [1.54, 1.807) is 30.4 Å². The van der Waals surface area contributed by atoms with Crippen LogP contribution in [0.1, 0.15) is 35.3 Å². The lowest BCUT2D eigenvalue weighted by molar-refractivity contribution is 0.199. The SMILES string of the molecule is CCc1ccc(COc2ccc(C(C)O)cc2Cl)s1. The predicted molar refractivity (Wildman–Crippen MR) is 80.1 cm³/mol. The smallest absolute Gasteiger partial charge is 0.138 e. The first-order chi connectivity index (χ1) is 9.10. The maximum atomic E-state index is 9.48. The van der Waals surface area contributed by atoms with E-state index in [4.69, 9.17) is 16.3 Å². The van der Waals surface area contributed by atoms with Crippen molar-refractivity contribution in [3.05, 3.63) is 50.7 Å². The molecule has 1 unspecified atom stereocenters. The van der Waals surface area contributed by atoms with E-state index >= 15 is 0 Å². The largest absolute Gasteiger partial charge is 0.487 e. The van der Waals surface area contributed by atoms with Gasteiger partial charge >= 0.3 is 0 Å². The van der Waals surface area contributed by atoms with Crippen molar-refractivity contribution >= 4 is 22.9 Å². The molecule has 1 aromatic carbocycles. The molecular weight excluding hydrogens is 280 g/mol. The topological polar surface area (TPSA) is 29.5 Å². The van der Waals surface area contributed by atoms with Gasteiger partial charge in [0.15, 0.2) is 0 Å². The van der Waals surface area contributed by atoms with Crippen LogP contribution in [0, 0.1) is 0 Å². The molecule has 2 aromatic rings. The Balaban J connectivity index is 2.03. The Morgan fingerprint density at radius 1 is 1.26 bits per heavy atom. The number of aliphatic hydroxyl groups excluding tert-OH is 1. The van der Waals surface area contributed by atoms with E-state index in [0.717, 1.165) is 12.0 Å². The summed E-state index contributed by atoms with van der Waals surface area (Å²) in [6.07, 6.45) is 0.532. The van der Waals surface area contributed by atoms with Gasteiger partial charge in [0.25, 0.3) is 0 Å². The Hall–Kier alpha value is -1.03. The molecule has 2 nitrogen and oxygen atoms in total. The molecule has 1 N–H and O–H groups in total. The van der Waals surface area contributed by atoms with E-state index in [1.807, 2.05) is 6.07 Å². The van der Waals surface area contributed by atoms with Gasteiger partial charge in [0, 0.05) is 9.75 Å². The monoisotopic (exact) mass is 296 g/mol. The van der Waals surface area contributed by atoms with Gasteiger partial charge in [-0.05, 0) is 43.2 Å². The second-order valence-corrected chi connectivity index (χ2v) is 6.04. The van der Waals surface area contributed by atoms with Crippen LogP contribution in [0.3, 0.4) is 0 Å². The van der Waals surface area contributed by atoms with E-state index < -0.39 is 6.10 Å². The summed E-state index contributed by atoms with van der Waals surface area (Å²) < 4.78 is 5.71. The van der Waals surface area contributed by atoms with Gasteiger partial charge < -0.3 is 9.84 Å². The summed E-state index contributed by atoms with van der Waals surface area (Å²) in [6.45, 7) is 4.38. The first kappa shape index (κ1) is 14.4. The number of aliphatic hydroxyl groups is 1. The fourth-order valence-electron chi connectivity index (χ4n) is 1.73. The highest BCUT2D eigenvalue weighted by Gasteiger charge is 2.07. The molecule has 0 fully saturated rings. The van der Waals surface area contributed by atoms with Crippen LogP contribution < -0.4 is 4.74 Å². The Bertz CT molecular complexity index is 549. The lowest BCUT2D eigenvalue weighted by Gasteiger charge is -2.10. The summed E-state index contributed by atoms with van der Waals surface area (Å²) in [5, 5.41) is 10.0.